The van der Waals surface area contributed by atoms with E-state index in [1.807, 2.05) is 6.20 Å². The van der Waals surface area contributed by atoms with Crippen LogP contribution < -0.4 is 0 Å². The van der Waals surface area contributed by atoms with Crippen molar-refractivity contribution in [1.82, 2.24) is 14.9 Å². The SMILES string of the molecule is CCN(CC)Cc1cccc(-c2cc3ncncc3s2)c1. The van der Waals surface area contributed by atoms with Crippen LogP contribution in [0.25, 0.3) is 20.7 Å². The molecule has 0 spiro atoms. The number of thiophene rings is 1. The summed E-state index contributed by atoms with van der Waals surface area (Å²) in [7, 11) is 0. The molecule has 2 aromatic heterocycles. The van der Waals surface area contributed by atoms with E-state index in [-0.39, 0.29) is 0 Å². The van der Waals surface area contributed by atoms with E-state index >= 15 is 0 Å². The summed E-state index contributed by atoms with van der Waals surface area (Å²) < 4.78 is 1.14. The lowest BCUT2D eigenvalue weighted by Gasteiger charge is -2.18. The van der Waals surface area contributed by atoms with Crippen LogP contribution in [0.1, 0.15) is 19.4 Å². The molecule has 0 N–H and O–H groups in total. The Labute approximate surface area is 129 Å². The van der Waals surface area contributed by atoms with Crippen LogP contribution in [0.4, 0.5) is 0 Å². The standard InChI is InChI=1S/C17H19N3S/c1-3-20(4-2)11-13-6-5-7-14(8-13)16-9-15-17(21-16)10-18-12-19-15/h5-10,12H,3-4,11H2,1-2H3. The number of hydrogen-bond acceptors (Lipinski definition) is 4. The number of nitrogens with zero attached hydrogens (tertiary/aromatic N) is 3. The fraction of sp³-hybridized carbons (Fsp3) is 0.294. The third-order valence-electron chi connectivity index (χ3n) is 3.71. The van der Waals surface area contributed by atoms with Crippen LogP contribution in [0.5, 0.6) is 0 Å². The Morgan fingerprint density at radius 3 is 2.76 bits per heavy atom. The zero-order valence-corrected chi connectivity index (χ0v) is 13.2. The Morgan fingerprint density at radius 2 is 2.00 bits per heavy atom. The molecule has 0 radical (unpaired) electrons. The monoisotopic (exact) mass is 297 g/mol. The topological polar surface area (TPSA) is 29.0 Å². The second kappa shape index (κ2) is 6.33. The van der Waals surface area contributed by atoms with Crippen molar-refractivity contribution >= 4 is 21.6 Å². The number of benzene rings is 1. The van der Waals surface area contributed by atoms with Crippen LogP contribution in [0.2, 0.25) is 0 Å². The normalized spacial score (nSPS) is 11.4. The quantitative estimate of drug-likeness (QED) is 0.706. The lowest BCUT2D eigenvalue weighted by molar-refractivity contribution is 0.296. The minimum Gasteiger partial charge on any atom is -0.300 e. The molecule has 0 saturated carbocycles. The highest BCUT2D eigenvalue weighted by atomic mass is 32.1. The van der Waals surface area contributed by atoms with Gasteiger partial charge in [-0.15, -0.1) is 11.3 Å². The minimum absolute atomic E-state index is 1.01. The van der Waals surface area contributed by atoms with Crippen molar-refractivity contribution in [3.63, 3.8) is 0 Å². The van der Waals surface area contributed by atoms with Gasteiger partial charge in [0, 0.05) is 17.6 Å². The van der Waals surface area contributed by atoms with Crippen molar-refractivity contribution in [1.29, 1.82) is 0 Å². The first-order valence-corrected chi connectivity index (χ1v) is 8.13. The largest absolute Gasteiger partial charge is 0.300 e. The maximum Gasteiger partial charge on any atom is 0.116 e. The fourth-order valence-electron chi connectivity index (χ4n) is 2.46. The summed E-state index contributed by atoms with van der Waals surface area (Å²) in [5.74, 6) is 0. The highest BCUT2D eigenvalue weighted by Gasteiger charge is 2.07. The number of fused-ring (bicyclic) bond motifs is 1. The molecule has 0 aliphatic carbocycles. The highest BCUT2D eigenvalue weighted by Crippen LogP contribution is 2.32. The van der Waals surface area contributed by atoms with E-state index in [4.69, 9.17) is 0 Å². The molecule has 3 aromatic rings. The van der Waals surface area contributed by atoms with Crippen molar-refractivity contribution in [3.8, 4) is 10.4 Å². The predicted molar refractivity (Wildman–Crippen MR) is 89.5 cm³/mol. The van der Waals surface area contributed by atoms with Crippen LogP contribution in [0, 0.1) is 0 Å². The molecule has 0 fully saturated rings. The summed E-state index contributed by atoms with van der Waals surface area (Å²) >= 11 is 1.75. The van der Waals surface area contributed by atoms with Gasteiger partial charge in [-0.3, -0.25) is 4.90 Å². The maximum absolute atomic E-state index is 4.32. The minimum atomic E-state index is 1.01. The van der Waals surface area contributed by atoms with Crippen LogP contribution in [0.15, 0.2) is 42.9 Å². The molecule has 4 heteroatoms. The van der Waals surface area contributed by atoms with Gasteiger partial charge in [0.05, 0.1) is 10.2 Å². The summed E-state index contributed by atoms with van der Waals surface area (Å²) in [5.41, 5.74) is 3.65. The van der Waals surface area contributed by atoms with Gasteiger partial charge in [-0.1, -0.05) is 32.0 Å². The highest BCUT2D eigenvalue weighted by molar-refractivity contribution is 7.22. The van der Waals surface area contributed by atoms with Gasteiger partial charge in [0.25, 0.3) is 0 Å². The van der Waals surface area contributed by atoms with E-state index in [0.717, 1.165) is 29.9 Å². The van der Waals surface area contributed by atoms with Gasteiger partial charge in [-0.05, 0) is 36.3 Å². The van der Waals surface area contributed by atoms with Gasteiger partial charge in [0.1, 0.15) is 6.33 Å². The average Bonchev–Trinajstić information content (AvgIpc) is 2.97. The number of rotatable bonds is 5. The molecular weight excluding hydrogens is 278 g/mol. The zero-order chi connectivity index (χ0) is 14.7. The molecule has 0 bridgehead atoms. The van der Waals surface area contributed by atoms with Crippen LogP contribution in [-0.4, -0.2) is 28.0 Å². The van der Waals surface area contributed by atoms with E-state index in [0.29, 0.717) is 0 Å². The second-order valence-electron chi connectivity index (χ2n) is 5.04. The van der Waals surface area contributed by atoms with Crippen LogP contribution in [0.3, 0.4) is 0 Å². The van der Waals surface area contributed by atoms with E-state index in [9.17, 15) is 0 Å². The Morgan fingerprint density at radius 1 is 1.14 bits per heavy atom. The van der Waals surface area contributed by atoms with Gasteiger partial charge in [0.15, 0.2) is 0 Å². The molecular formula is C17H19N3S. The molecule has 0 aliphatic heterocycles. The van der Waals surface area contributed by atoms with Crippen molar-refractivity contribution in [3.05, 3.63) is 48.4 Å². The summed E-state index contributed by atoms with van der Waals surface area (Å²) in [6.45, 7) is 7.58. The van der Waals surface area contributed by atoms with Crippen molar-refractivity contribution in [2.45, 2.75) is 20.4 Å². The summed E-state index contributed by atoms with van der Waals surface area (Å²) in [5, 5.41) is 0. The molecule has 3 rings (SSSR count). The zero-order valence-electron chi connectivity index (χ0n) is 12.4. The second-order valence-corrected chi connectivity index (χ2v) is 6.13. The van der Waals surface area contributed by atoms with Gasteiger partial charge >= 0.3 is 0 Å². The van der Waals surface area contributed by atoms with Gasteiger partial charge < -0.3 is 0 Å². The van der Waals surface area contributed by atoms with E-state index in [2.05, 4.69) is 59.0 Å². The molecule has 108 valence electrons. The third kappa shape index (κ3) is 3.12. The smallest absolute Gasteiger partial charge is 0.116 e. The molecule has 0 amide bonds. The van der Waals surface area contributed by atoms with E-state index < -0.39 is 0 Å². The molecule has 0 aliphatic rings. The molecule has 0 saturated heterocycles. The van der Waals surface area contributed by atoms with Crippen LogP contribution >= 0.6 is 11.3 Å². The average molecular weight is 297 g/mol. The van der Waals surface area contributed by atoms with Crippen molar-refractivity contribution in [2.75, 3.05) is 13.1 Å². The maximum atomic E-state index is 4.32. The van der Waals surface area contributed by atoms with Gasteiger partial charge in [-0.25, -0.2) is 9.97 Å². The predicted octanol–water partition coefficient (Wildman–Crippen LogP) is 4.20. The first-order valence-electron chi connectivity index (χ1n) is 7.31. The molecule has 2 heterocycles. The molecule has 1 aromatic carbocycles. The molecule has 0 atom stereocenters. The first-order chi connectivity index (χ1) is 10.3. The van der Waals surface area contributed by atoms with Crippen molar-refractivity contribution < 1.29 is 0 Å². The third-order valence-corrected chi connectivity index (χ3v) is 4.82. The number of aromatic nitrogens is 2. The molecule has 21 heavy (non-hydrogen) atoms. The van der Waals surface area contributed by atoms with Gasteiger partial charge in [0.2, 0.25) is 0 Å². The number of hydrogen-bond donors (Lipinski definition) is 0. The van der Waals surface area contributed by atoms with E-state index in [1.54, 1.807) is 17.7 Å². The lowest BCUT2D eigenvalue weighted by Crippen LogP contribution is -2.22. The first kappa shape index (κ1) is 14.2. The lowest BCUT2D eigenvalue weighted by atomic mass is 10.1. The Kier molecular flexibility index (Phi) is 4.27. The Hall–Kier alpha value is -1.78. The summed E-state index contributed by atoms with van der Waals surface area (Å²) in [6, 6.07) is 11.0. The van der Waals surface area contributed by atoms with Gasteiger partial charge in [-0.2, -0.15) is 0 Å². The Bertz CT molecular complexity index is 698. The summed E-state index contributed by atoms with van der Waals surface area (Å²) in [6.07, 6.45) is 3.49. The van der Waals surface area contributed by atoms with E-state index in [1.165, 1.54) is 16.0 Å². The summed E-state index contributed by atoms with van der Waals surface area (Å²) in [4.78, 5) is 12.1. The van der Waals surface area contributed by atoms with Crippen LogP contribution in [-0.2, 0) is 6.54 Å². The fourth-order valence-corrected chi connectivity index (χ4v) is 3.44. The molecule has 0 unspecified atom stereocenters. The Balaban J connectivity index is 1.91. The van der Waals surface area contributed by atoms with Crippen molar-refractivity contribution in [2.24, 2.45) is 0 Å². The molecule has 3 nitrogen and oxygen atoms in total.